The third-order valence-electron chi connectivity index (χ3n) is 1.82. The van der Waals surface area contributed by atoms with Crippen LogP contribution in [0.3, 0.4) is 0 Å². The van der Waals surface area contributed by atoms with Gasteiger partial charge in [-0.25, -0.2) is 0 Å². The number of carboxylic acid groups (broad SMARTS) is 1. The molecule has 1 amide bonds. The van der Waals surface area contributed by atoms with Crippen molar-refractivity contribution in [1.82, 2.24) is 0 Å². The summed E-state index contributed by atoms with van der Waals surface area (Å²) in [7, 11) is 0. The lowest BCUT2D eigenvalue weighted by atomic mass is 9.81. The molecule has 1 aliphatic rings. The Kier molecular flexibility index (Phi) is 10.6. The van der Waals surface area contributed by atoms with Crippen molar-refractivity contribution in [2.24, 2.45) is 11.1 Å². The fourth-order valence-corrected chi connectivity index (χ4v) is 1.10. The summed E-state index contributed by atoms with van der Waals surface area (Å²) in [4.78, 5) is 16.9. The van der Waals surface area contributed by atoms with Gasteiger partial charge in [-0.3, -0.25) is 9.59 Å². The second-order valence-electron chi connectivity index (χ2n) is 3.62. The minimum absolute atomic E-state index is 0.250. The van der Waals surface area contributed by atoms with Crippen LogP contribution in [0.1, 0.15) is 33.1 Å². The van der Waals surface area contributed by atoms with Crippen LogP contribution in [0.25, 0.3) is 0 Å². The summed E-state index contributed by atoms with van der Waals surface area (Å²) in [6, 6.07) is 0. The van der Waals surface area contributed by atoms with Crippen LogP contribution in [0.15, 0.2) is 12.2 Å². The van der Waals surface area contributed by atoms with Gasteiger partial charge in [0.1, 0.15) is 0 Å². The quantitative estimate of drug-likeness (QED) is 0.461. The third kappa shape index (κ3) is 13.3. The maximum absolute atomic E-state index is 8.58. The van der Waals surface area contributed by atoms with E-state index in [1.807, 2.05) is 0 Å². The summed E-state index contributed by atoms with van der Waals surface area (Å²) in [5.41, 5.74) is 4.76. The number of hydrogen-bond donors (Lipinski definition) is 2. The van der Waals surface area contributed by atoms with Gasteiger partial charge >= 0.3 is 0 Å². The summed E-state index contributed by atoms with van der Waals surface area (Å²) >= 11 is 0. The first-order valence-electron chi connectivity index (χ1n) is 4.42. The molecule has 0 spiro atoms. The molecular weight excluding hydrogens is 182 g/mol. The Morgan fingerprint density at radius 1 is 1.36 bits per heavy atom. The number of nitrogens with two attached hydrogens (primary N) is 1. The average molecular weight is 201 g/mol. The highest BCUT2D eigenvalue weighted by Gasteiger charge is 2.16. The number of primary amides is 1. The van der Waals surface area contributed by atoms with E-state index in [1.165, 1.54) is 19.3 Å². The first-order chi connectivity index (χ1) is 6.54. The van der Waals surface area contributed by atoms with Crippen LogP contribution in [-0.2, 0) is 9.59 Å². The van der Waals surface area contributed by atoms with Gasteiger partial charge in [0.05, 0.1) is 0 Å². The molecule has 0 saturated heterocycles. The molecule has 4 nitrogen and oxygen atoms in total. The second-order valence-corrected chi connectivity index (χ2v) is 3.62. The zero-order chi connectivity index (χ0) is 11.4. The lowest BCUT2D eigenvalue weighted by Gasteiger charge is -2.24. The van der Waals surface area contributed by atoms with Crippen LogP contribution in [-0.4, -0.2) is 18.0 Å². The third-order valence-corrected chi connectivity index (χ3v) is 1.82. The van der Waals surface area contributed by atoms with Gasteiger partial charge in [-0.1, -0.05) is 26.0 Å². The van der Waals surface area contributed by atoms with E-state index in [9.17, 15) is 0 Å². The molecule has 0 radical (unpaired) electrons. The maximum atomic E-state index is 8.58. The van der Waals surface area contributed by atoms with Crippen molar-refractivity contribution in [2.75, 3.05) is 0 Å². The van der Waals surface area contributed by atoms with Crippen LogP contribution in [0.2, 0.25) is 0 Å². The summed E-state index contributed by atoms with van der Waals surface area (Å²) in [5.74, 6) is 0. The van der Waals surface area contributed by atoms with Gasteiger partial charge in [0, 0.05) is 0 Å². The SMILES string of the molecule is CC1(C)CC=CCC1.NC=O.O=CO. The monoisotopic (exact) mass is 201 g/mol. The van der Waals surface area contributed by atoms with Gasteiger partial charge in [-0.2, -0.15) is 0 Å². The molecule has 0 aliphatic heterocycles. The molecule has 3 N–H and O–H groups in total. The zero-order valence-electron chi connectivity index (χ0n) is 8.77. The molecule has 1 aliphatic carbocycles. The minimum Gasteiger partial charge on any atom is -0.483 e. The number of carbonyl (C=O) groups excluding carboxylic acids is 1. The molecule has 0 fully saturated rings. The van der Waals surface area contributed by atoms with Crippen molar-refractivity contribution < 1.29 is 14.7 Å². The van der Waals surface area contributed by atoms with E-state index in [2.05, 4.69) is 31.7 Å². The van der Waals surface area contributed by atoms with E-state index in [1.54, 1.807) is 0 Å². The predicted molar refractivity (Wildman–Crippen MR) is 55.7 cm³/mol. The normalized spacial score (nSPS) is 16.4. The van der Waals surface area contributed by atoms with Crippen LogP contribution >= 0.6 is 0 Å². The Labute approximate surface area is 84.8 Å². The van der Waals surface area contributed by atoms with Crippen molar-refractivity contribution in [3.8, 4) is 0 Å². The average Bonchev–Trinajstić information content (AvgIpc) is 2.06. The largest absolute Gasteiger partial charge is 0.483 e. The fraction of sp³-hybridized carbons (Fsp3) is 0.600. The lowest BCUT2D eigenvalue weighted by molar-refractivity contribution is -0.122. The number of rotatable bonds is 0. The van der Waals surface area contributed by atoms with Crippen molar-refractivity contribution >= 4 is 12.9 Å². The molecule has 0 aromatic rings. The van der Waals surface area contributed by atoms with E-state index in [0.717, 1.165) is 0 Å². The van der Waals surface area contributed by atoms with Crippen molar-refractivity contribution in [3.05, 3.63) is 12.2 Å². The van der Waals surface area contributed by atoms with Crippen molar-refractivity contribution in [1.29, 1.82) is 0 Å². The van der Waals surface area contributed by atoms with E-state index in [0.29, 0.717) is 5.41 Å². The summed E-state index contributed by atoms with van der Waals surface area (Å²) < 4.78 is 0. The molecule has 0 aromatic carbocycles. The molecule has 0 atom stereocenters. The van der Waals surface area contributed by atoms with Crippen LogP contribution in [0, 0.1) is 5.41 Å². The Hall–Kier alpha value is -1.32. The summed E-state index contributed by atoms with van der Waals surface area (Å²) in [5, 5.41) is 6.89. The van der Waals surface area contributed by atoms with Gasteiger partial charge in [0.25, 0.3) is 6.47 Å². The van der Waals surface area contributed by atoms with Crippen LogP contribution in [0.4, 0.5) is 0 Å². The van der Waals surface area contributed by atoms with Crippen LogP contribution in [0.5, 0.6) is 0 Å². The molecule has 0 heterocycles. The van der Waals surface area contributed by atoms with Gasteiger partial charge in [0.15, 0.2) is 0 Å². The van der Waals surface area contributed by atoms with Gasteiger partial charge in [-0.15, -0.1) is 0 Å². The van der Waals surface area contributed by atoms with Gasteiger partial charge in [0.2, 0.25) is 6.41 Å². The molecule has 0 aromatic heterocycles. The predicted octanol–water partition coefficient (Wildman–Crippen LogP) is 1.55. The molecule has 0 saturated carbocycles. The lowest BCUT2D eigenvalue weighted by Crippen LogP contribution is -2.11. The first kappa shape index (κ1) is 15.2. The summed E-state index contributed by atoms with van der Waals surface area (Å²) in [6.07, 6.45) is 8.75. The number of allylic oxidation sites excluding steroid dienone is 2. The number of amides is 1. The Bertz CT molecular complexity index is 170. The van der Waals surface area contributed by atoms with E-state index >= 15 is 0 Å². The van der Waals surface area contributed by atoms with Gasteiger partial charge in [-0.05, 0) is 24.7 Å². The highest BCUT2D eigenvalue weighted by molar-refractivity contribution is 5.42. The second kappa shape index (κ2) is 9.77. The Balaban J connectivity index is 0. The van der Waals surface area contributed by atoms with Crippen molar-refractivity contribution in [2.45, 2.75) is 33.1 Å². The van der Waals surface area contributed by atoms with Crippen molar-refractivity contribution in [3.63, 3.8) is 0 Å². The molecule has 14 heavy (non-hydrogen) atoms. The molecule has 0 unspecified atom stereocenters. The Morgan fingerprint density at radius 2 is 1.79 bits per heavy atom. The topological polar surface area (TPSA) is 80.4 Å². The first-order valence-corrected chi connectivity index (χ1v) is 4.42. The molecule has 82 valence electrons. The zero-order valence-corrected chi connectivity index (χ0v) is 8.77. The van der Waals surface area contributed by atoms with E-state index in [-0.39, 0.29) is 12.9 Å². The van der Waals surface area contributed by atoms with E-state index in [4.69, 9.17) is 14.7 Å². The standard InChI is InChI=1S/C8H14.CH3NO.CH2O2/c1-8(2)6-4-3-5-7-8;2*2-1-3/h3-4H,5-7H2,1-2H3;1H,(H2,2,3);1H,(H,2,3). The molecule has 1 rings (SSSR count). The van der Waals surface area contributed by atoms with Gasteiger partial charge < -0.3 is 10.8 Å². The number of hydrogen-bond acceptors (Lipinski definition) is 2. The summed E-state index contributed by atoms with van der Waals surface area (Å²) in [6.45, 7) is 4.41. The van der Waals surface area contributed by atoms with Crippen LogP contribution < -0.4 is 5.73 Å². The maximum Gasteiger partial charge on any atom is 0.290 e. The molecule has 0 bridgehead atoms. The highest BCUT2D eigenvalue weighted by Crippen LogP contribution is 2.30. The molecule has 4 heteroatoms. The highest BCUT2D eigenvalue weighted by atomic mass is 16.3. The van der Waals surface area contributed by atoms with E-state index < -0.39 is 0 Å². The smallest absolute Gasteiger partial charge is 0.290 e. The Morgan fingerprint density at radius 3 is 1.93 bits per heavy atom. The minimum atomic E-state index is -0.250. The fourth-order valence-electron chi connectivity index (χ4n) is 1.10. The number of carbonyl (C=O) groups is 2. The molecular formula is C10H19NO3.